The summed E-state index contributed by atoms with van der Waals surface area (Å²) in [6, 6.07) is 9.06. The largest absolute Gasteiger partial charge is 0.573 e. The summed E-state index contributed by atoms with van der Waals surface area (Å²) < 4.78 is 42.8. The average molecular weight is 407 g/mol. The number of fused-ring (bicyclic) bond motifs is 1. The van der Waals surface area contributed by atoms with Crippen molar-refractivity contribution >= 4 is 17.0 Å². The molecule has 2 aromatic heterocycles. The molecule has 0 saturated heterocycles. The summed E-state index contributed by atoms with van der Waals surface area (Å²) in [4.78, 5) is 4.53. The Morgan fingerprint density at radius 2 is 1.93 bits per heavy atom. The van der Waals surface area contributed by atoms with Crippen LogP contribution in [0.1, 0.15) is 25.7 Å². The van der Waals surface area contributed by atoms with E-state index in [1.54, 1.807) is 18.2 Å². The molecule has 1 fully saturated rings. The smallest absolute Gasteiger partial charge is 0.406 e. The number of hydrogen-bond donors (Lipinski definition) is 2. The van der Waals surface area contributed by atoms with Gasteiger partial charge in [-0.05, 0) is 55.9 Å². The van der Waals surface area contributed by atoms with Gasteiger partial charge in [0.2, 0.25) is 0 Å². The lowest BCUT2D eigenvalue weighted by Crippen LogP contribution is -2.23. The van der Waals surface area contributed by atoms with E-state index in [2.05, 4.69) is 25.3 Å². The van der Waals surface area contributed by atoms with Crippen LogP contribution in [0.25, 0.3) is 16.9 Å². The molecule has 29 heavy (non-hydrogen) atoms. The fourth-order valence-electron chi connectivity index (χ4n) is 3.49. The monoisotopic (exact) mass is 407 g/mol. The van der Waals surface area contributed by atoms with Crippen LogP contribution in [-0.2, 0) is 0 Å². The molecule has 0 aliphatic heterocycles. The normalized spacial score (nSPS) is 20.0. The van der Waals surface area contributed by atoms with Gasteiger partial charge in [0, 0.05) is 12.6 Å². The van der Waals surface area contributed by atoms with Crippen LogP contribution < -0.4 is 10.1 Å². The zero-order chi connectivity index (χ0) is 20.4. The van der Waals surface area contributed by atoms with Crippen molar-refractivity contribution in [2.24, 2.45) is 5.92 Å². The van der Waals surface area contributed by atoms with E-state index in [1.165, 1.54) is 22.9 Å². The quantitative estimate of drug-likeness (QED) is 0.671. The van der Waals surface area contributed by atoms with Crippen LogP contribution in [0.5, 0.6) is 5.75 Å². The minimum Gasteiger partial charge on any atom is -0.406 e. The number of nitrogens with one attached hydrogen (secondary N) is 1. The summed E-state index contributed by atoms with van der Waals surface area (Å²) in [7, 11) is 0. The number of aliphatic hydroxyl groups is 1. The number of alkyl halides is 3. The number of hydrogen-bond acceptors (Lipinski definition) is 6. The molecular weight excluding hydrogens is 387 g/mol. The van der Waals surface area contributed by atoms with Gasteiger partial charge in [0.1, 0.15) is 17.1 Å². The average Bonchev–Trinajstić information content (AvgIpc) is 3.10. The topological polar surface area (TPSA) is 85.1 Å². The molecule has 1 aliphatic rings. The standard InChI is InChI=1S/C19H20F3N5O2/c20-19(21,22)29-15-3-1-2-13(10-15)27-18-16(25-26-27)8-9-17(24-18)23-11-12-4-6-14(28)7-5-12/h1-3,8-10,12,14,28H,4-7,11H2,(H,23,24)/t12-,14+. The number of pyridine rings is 1. The van der Waals surface area contributed by atoms with Gasteiger partial charge in [-0.3, -0.25) is 0 Å². The summed E-state index contributed by atoms with van der Waals surface area (Å²) in [6.07, 6.45) is -1.42. The van der Waals surface area contributed by atoms with Crippen molar-refractivity contribution in [3.63, 3.8) is 0 Å². The summed E-state index contributed by atoms with van der Waals surface area (Å²) in [5, 5.41) is 20.9. The van der Waals surface area contributed by atoms with Crippen molar-refractivity contribution in [2.45, 2.75) is 38.1 Å². The molecule has 1 saturated carbocycles. The summed E-state index contributed by atoms with van der Waals surface area (Å²) in [6.45, 7) is 0.738. The fourth-order valence-corrected chi connectivity index (χ4v) is 3.49. The number of aromatic nitrogens is 4. The van der Waals surface area contributed by atoms with Gasteiger partial charge in [-0.25, -0.2) is 4.98 Å². The predicted octanol–water partition coefficient (Wildman–Crippen LogP) is 3.68. The molecular formula is C19H20F3N5O2. The molecule has 4 rings (SSSR count). The lowest BCUT2D eigenvalue weighted by molar-refractivity contribution is -0.274. The number of aliphatic hydroxyl groups excluding tert-OH is 1. The molecule has 0 radical (unpaired) electrons. The van der Waals surface area contributed by atoms with Crippen LogP contribution in [0.4, 0.5) is 19.0 Å². The third kappa shape index (κ3) is 4.76. The van der Waals surface area contributed by atoms with E-state index < -0.39 is 6.36 Å². The molecule has 2 heterocycles. The molecule has 3 aromatic rings. The van der Waals surface area contributed by atoms with Crippen molar-refractivity contribution in [3.05, 3.63) is 36.4 Å². The predicted molar refractivity (Wildman–Crippen MR) is 99.8 cm³/mol. The van der Waals surface area contributed by atoms with Gasteiger partial charge >= 0.3 is 6.36 Å². The first-order valence-electron chi connectivity index (χ1n) is 9.38. The molecule has 0 amide bonds. The minimum atomic E-state index is -4.77. The summed E-state index contributed by atoms with van der Waals surface area (Å²) >= 11 is 0. The number of ether oxygens (including phenoxy) is 1. The fraction of sp³-hybridized carbons (Fsp3) is 0.421. The number of anilines is 1. The zero-order valence-corrected chi connectivity index (χ0v) is 15.4. The molecule has 0 atom stereocenters. The Morgan fingerprint density at radius 3 is 2.69 bits per heavy atom. The third-order valence-electron chi connectivity index (χ3n) is 4.98. The second-order valence-electron chi connectivity index (χ2n) is 7.14. The highest BCUT2D eigenvalue weighted by atomic mass is 19.4. The molecule has 0 unspecified atom stereocenters. The molecule has 1 aliphatic carbocycles. The molecule has 154 valence electrons. The molecule has 7 nitrogen and oxygen atoms in total. The van der Waals surface area contributed by atoms with Gasteiger partial charge in [-0.1, -0.05) is 11.3 Å². The maximum Gasteiger partial charge on any atom is 0.573 e. The Hall–Kier alpha value is -2.88. The Morgan fingerprint density at radius 1 is 1.14 bits per heavy atom. The SMILES string of the molecule is O[C@H]1CC[C@@H](CNc2ccc3nnn(-c4cccc(OC(F)(F)F)c4)c3n2)CC1. The highest BCUT2D eigenvalue weighted by molar-refractivity contribution is 5.74. The van der Waals surface area contributed by atoms with Crippen LogP contribution >= 0.6 is 0 Å². The summed E-state index contributed by atoms with van der Waals surface area (Å²) in [5.41, 5.74) is 1.32. The molecule has 2 N–H and O–H groups in total. The lowest BCUT2D eigenvalue weighted by atomic mass is 9.87. The maximum absolute atomic E-state index is 12.5. The minimum absolute atomic E-state index is 0.196. The second-order valence-corrected chi connectivity index (χ2v) is 7.14. The Balaban J connectivity index is 1.54. The first kappa shape index (κ1) is 19.4. The van der Waals surface area contributed by atoms with Gasteiger partial charge in [-0.15, -0.1) is 18.3 Å². The second kappa shape index (κ2) is 7.86. The third-order valence-corrected chi connectivity index (χ3v) is 4.98. The van der Waals surface area contributed by atoms with Gasteiger partial charge in [0.05, 0.1) is 11.8 Å². The van der Waals surface area contributed by atoms with Crippen molar-refractivity contribution < 1.29 is 23.0 Å². The van der Waals surface area contributed by atoms with E-state index in [4.69, 9.17) is 0 Å². The highest BCUT2D eigenvalue weighted by Gasteiger charge is 2.31. The van der Waals surface area contributed by atoms with E-state index in [0.29, 0.717) is 28.6 Å². The van der Waals surface area contributed by atoms with Crippen LogP contribution in [-0.4, -0.2) is 44.1 Å². The Kier molecular flexibility index (Phi) is 5.27. The maximum atomic E-state index is 12.5. The first-order chi connectivity index (χ1) is 13.9. The Labute approximate surface area is 164 Å². The number of nitrogens with zero attached hydrogens (tertiary/aromatic N) is 4. The van der Waals surface area contributed by atoms with Crippen LogP contribution in [0, 0.1) is 5.92 Å². The van der Waals surface area contributed by atoms with E-state index in [0.717, 1.165) is 32.2 Å². The van der Waals surface area contributed by atoms with Crippen molar-refractivity contribution in [3.8, 4) is 11.4 Å². The van der Waals surface area contributed by atoms with Crippen molar-refractivity contribution in [1.82, 2.24) is 20.0 Å². The number of benzene rings is 1. The van der Waals surface area contributed by atoms with E-state index in [1.807, 2.05) is 0 Å². The van der Waals surface area contributed by atoms with E-state index >= 15 is 0 Å². The molecule has 10 heteroatoms. The van der Waals surface area contributed by atoms with Crippen molar-refractivity contribution in [1.29, 1.82) is 0 Å². The van der Waals surface area contributed by atoms with Crippen LogP contribution in [0.15, 0.2) is 36.4 Å². The summed E-state index contributed by atoms with van der Waals surface area (Å²) in [5.74, 6) is 0.761. The van der Waals surface area contributed by atoms with E-state index in [-0.39, 0.29) is 11.9 Å². The van der Waals surface area contributed by atoms with Crippen molar-refractivity contribution in [2.75, 3.05) is 11.9 Å². The molecule has 0 bridgehead atoms. The van der Waals surface area contributed by atoms with Gasteiger partial charge < -0.3 is 15.2 Å². The lowest BCUT2D eigenvalue weighted by Gasteiger charge is -2.25. The zero-order valence-electron chi connectivity index (χ0n) is 15.4. The number of halogens is 3. The number of rotatable bonds is 5. The molecule has 1 aromatic carbocycles. The van der Waals surface area contributed by atoms with Crippen LogP contribution in [0.2, 0.25) is 0 Å². The van der Waals surface area contributed by atoms with Gasteiger partial charge in [0.25, 0.3) is 0 Å². The Bertz CT molecular complexity index is 983. The highest BCUT2D eigenvalue weighted by Crippen LogP contribution is 2.27. The first-order valence-corrected chi connectivity index (χ1v) is 9.38. The molecule has 0 spiro atoms. The van der Waals surface area contributed by atoms with Gasteiger partial charge in [0.15, 0.2) is 5.65 Å². The van der Waals surface area contributed by atoms with Crippen LogP contribution in [0.3, 0.4) is 0 Å². The van der Waals surface area contributed by atoms with Gasteiger partial charge in [-0.2, -0.15) is 4.68 Å². The van der Waals surface area contributed by atoms with E-state index in [9.17, 15) is 18.3 Å².